The van der Waals surface area contributed by atoms with Gasteiger partial charge in [-0.2, -0.15) is 0 Å². The van der Waals surface area contributed by atoms with Crippen LogP contribution in [0.25, 0.3) is 5.57 Å². The summed E-state index contributed by atoms with van der Waals surface area (Å²) >= 11 is 0. The van der Waals surface area contributed by atoms with Crippen molar-refractivity contribution in [2.75, 3.05) is 14.2 Å². The van der Waals surface area contributed by atoms with E-state index in [0.717, 1.165) is 60.3 Å². The molecule has 190 valence electrons. The first-order valence-electron chi connectivity index (χ1n) is 12.8. The molecule has 0 fully saturated rings. The highest BCUT2D eigenvalue weighted by Gasteiger charge is 2.12. The third-order valence-electron chi connectivity index (χ3n) is 6.26. The van der Waals surface area contributed by atoms with Gasteiger partial charge in [-0.25, -0.2) is 0 Å². The lowest BCUT2D eigenvalue weighted by atomic mass is 9.96. The number of hydrogen-bond acceptors (Lipinski definition) is 4. The minimum Gasteiger partial charge on any atom is -0.497 e. The summed E-state index contributed by atoms with van der Waals surface area (Å²) < 4.78 is 10.6. The van der Waals surface area contributed by atoms with Crippen LogP contribution in [0.5, 0.6) is 11.5 Å². The van der Waals surface area contributed by atoms with Crippen LogP contribution in [0.3, 0.4) is 0 Å². The molecule has 1 aromatic heterocycles. The second kappa shape index (κ2) is 14.7. The number of ether oxygens (including phenoxy) is 2. The second-order valence-corrected chi connectivity index (χ2v) is 8.92. The van der Waals surface area contributed by atoms with E-state index in [4.69, 9.17) is 9.47 Å². The molecule has 0 saturated heterocycles. The summed E-state index contributed by atoms with van der Waals surface area (Å²) in [4.78, 5) is 17.0. The minimum absolute atomic E-state index is 0.106. The van der Waals surface area contributed by atoms with Gasteiger partial charge < -0.3 is 14.8 Å². The number of pyridine rings is 1. The molecule has 3 rings (SSSR count). The topological polar surface area (TPSA) is 60.5 Å². The van der Waals surface area contributed by atoms with E-state index in [1.165, 1.54) is 5.56 Å². The first kappa shape index (κ1) is 27.0. The van der Waals surface area contributed by atoms with Gasteiger partial charge in [-0.15, -0.1) is 0 Å². The second-order valence-electron chi connectivity index (χ2n) is 8.92. The Morgan fingerprint density at radius 2 is 1.58 bits per heavy atom. The van der Waals surface area contributed by atoms with Gasteiger partial charge in [0.05, 0.1) is 14.2 Å². The quantitative estimate of drug-likeness (QED) is 0.278. The lowest BCUT2D eigenvalue weighted by molar-refractivity contribution is -0.121. The predicted molar refractivity (Wildman–Crippen MR) is 146 cm³/mol. The first-order valence-corrected chi connectivity index (χ1v) is 12.8. The van der Waals surface area contributed by atoms with Crippen LogP contribution in [0.15, 0.2) is 79.1 Å². The molecule has 1 unspecified atom stereocenters. The number of aryl methyl sites for hydroxylation is 1. The van der Waals surface area contributed by atoms with Gasteiger partial charge in [-0.1, -0.05) is 49.8 Å². The molecule has 3 aromatic rings. The number of benzene rings is 2. The Hall–Kier alpha value is -3.60. The fourth-order valence-corrected chi connectivity index (χ4v) is 4.33. The zero-order chi connectivity index (χ0) is 25.6. The molecule has 0 aliphatic rings. The van der Waals surface area contributed by atoms with Crippen LogP contribution in [0.2, 0.25) is 0 Å². The molecule has 0 bridgehead atoms. The van der Waals surface area contributed by atoms with E-state index in [9.17, 15) is 4.79 Å². The van der Waals surface area contributed by atoms with Crippen molar-refractivity contribution in [1.82, 2.24) is 10.3 Å². The van der Waals surface area contributed by atoms with Crippen molar-refractivity contribution >= 4 is 11.5 Å². The molecule has 1 atom stereocenters. The number of amides is 1. The van der Waals surface area contributed by atoms with E-state index in [1.54, 1.807) is 20.4 Å². The van der Waals surface area contributed by atoms with Crippen LogP contribution in [0, 0.1) is 0 Å². The molecule has 2 aromatic carbocycles. The van der Waals surface area contributed by atoms with Gasteiger partial charge in [-0.05, 0) is 84.7 Å². The van der Waals surface area contributed by atoms with Crippen LogP contribution in [0.4, 0.5) is 0 Å². The van der Waals surface area contributed by atoms with Crippen LogP contribution in [-0.2, 0) is 11.2 Å². The number of hydrogen-bond donors (Lipinski definition) is 1. The fourth-order valence-electron chi connectivity index (χ4n) is 4.33. The van der Waals surface area contributed by atoms with Crippen molar-refractivity contribution in [2.45, 2.75) is 57.9 Å². The number of carbonyl (C=O) groups excluding carboxylic acids is 1. The number of methoxy groups -OCH3 is 2. The molecule has 1 heterocycles. The summed E-state index contributed by atoms with van der Waals surface area (Å²) in [6.45, 7) is 2.17. The lowest BCUT2D eigenvalue weighted by Crippen LogP contribution is -2.34. The van der Waals surface area contributed by atoms with Gasteiger partial charge >= 0.3 is 0 Å². The summed E-state index contributed by atoms with van der Waals surface area (Å²) in [5, 5.41) is 3.27. The predicted octanol–water partition coefficient (Wildman–Crippen LogP) is 6.62. The Morgan fingerprint density at radius 3 is 2.11 bits per heavy atom. The Morgan fingerprint density at radius 1 is 0.944 bits per heavy atom. The van der Waals surface area contributed by atoms with Gasteiger partial charge in [0.15, 0.2) is 0 Å². The summed E-state index contributed by atoms with van der Waals surface area (Å²) in [5.41, 5.74) is 4.50. The van der Waals surface area contributed by atoms with Gasteiger partial charge in [0.1, 0.15) is 11.5 Å². The highest BCUT2D eigenvalue weighted by atomic mass is 16.5. The maximum absolute atomic E-state index is 12.8. The maximum Gasteiger partial charge on any atom is 0.220 e. The van der Waals surface area contributed by atoms with E-state index < -0.39 is 0 Å². The average molecular weight is 487 g/mol. The van der Waals surface area contributed by atoms with Crippen molar-refractivity contribution in [3.63, 3.8) is 0 Å². The molecule has 0 saturated carbocycles. The molecule has 5 nitrogen and oxygen atoms in total. The monoisotopic (exact) mass is 486 g/mol. The van der Waals surface area contributed by atoms with Crippen molar-refractivity contribution in [1.29, 1.82) is 0 Å². The van der Waals surface area contributed by atoms with E-state index in [0.29, 0.717) is 12.8 Å². The zero-order valence-electron chi connectivity index (χ0n) is 21.7. The Balaban J connectivity index is 1.61. The van der Waals surface area contributed by atoms with Crippen LogP contribution < -0.4 is 14.8 Å². The molecule has 5 heteroatoms. The molecular weight excluding hydrogens is 448 g/mol. The number of aromatic nitrogens is 1. The molecule has 0 aliphatic heterocycles. The number of nitrogens with zero attached hydrogens (tertiary/aromatic N) is 1. The van der Waals surface area contributed by atoms with Crippen LogP contribution in [0.1, 0.15) is 62.1 Å². The molecule has 1 amide bonds. The zero-order valence-corrected chi connectivity index (χ0v) is 21.7. The van der Waals surface area contributed by atoms with E-state index >= 15 is 0 Å². The SMILES string of the molecule is CCCC(CCCc1cccnc1)NC(=O)CCC=C(c1ccc(OC)cc1)c1ccc(OC)cc1. The number of allylic oxidation sites excluding steroid dienone is 1. The molecule has 0 aliphatic carbocycles. The van der Waals surface area contributed by atoms with Gasteiger partial charge in [0, 0.05) is 24.9 Å². The summed E-state index contributed by atoms with van der Waals surface area (Å²) in [7, 11) is 3.33. The molecule has 36 heavy (non-hydrogen) atoms. The van der Waals surface area contributed by atoms with Crippen molar-refractivity contribution < 1.29 is 14.3 Å². The maximum atomic E-state index is 12.8. The Labute approximate surface area is 215 Å². The fraction of sp³-hybridized carbons (Fsp3) is 0.355. The van der Waals surface area contributed by atoms with E-state index in [1.807, 2.05) is 36.5 Å². The average Bonchev–Trinajstić information content (AvgIpc) is 2.92. The number of rotatable bonds is 14. The van der Waals surface area contributed by atoms with Crippen LogP contribution in [-0.4, -0.2) is 31.2 Å². The highest BCUT2D eigenvalue weighted by Crippen LogP contribution is 2.27. The lowest BCUT2D eigenvalue weighted by Gasteiger charge is -2.18. The number of carbonyl (C=O) groups is 1. The third kappa shape index (κ3) is 8.56. The number of nitrogens with one attached hydrogen (secondary N) is 1. The van der Waals surface area contributed by atoms with Crippen molar-refractivity contribution in [2.24, 2.45) is 0 Å². The highest BCUT2D eigenvalue weighted by molar-refractivity contribution is 5.81. The van der Waals surface area contributed by atoms with E-state index in [-0.39, 0.29) is 11.9 Å². The van der Waals surface area contributed by atoms with Crippen LogP contribution >= 0.6 is 0 Å². The van der Waals surface area contributed by atoms with E-state index in [2.05, 4.69) is 53.6 Å². The molecule has 1 N–H and O–H groups in total. The van der Waals surface area contributed by atoms with Gasteiger partial charge in [-0.3, -0.25) is 9.78 Å². The molecule has 0 radical (unpaired) electrons. The molecule has 0 spiro atoms. The Kier molecular flexibility index (Phi) is 11.0. The third-order valence-corrected chi connectivity index (χ3v) is 6.26. The first-order chi connectivity index (χ1) is 17.6. The van der Waals surface area contributed by atoms with Crippen molar-refractivity contribution in [3.8, 4) is 11.5 Å². The van der Waals surface area contributed by atoms with Gasteiger partial charge in [0.25, 0.3) is 0 Å². The van der Waals surface area contributed by atoms with Crippen molar-refractivity contribution in [3.05, 3.63) is 95.8 Å². The van der Waals surface area contributed by atoms with Gasteiger partial charge in [0.2, 0.25) is 5.91 Å². The Bertz CT molecular complexity index is 1030. The minimum atomic E-state index is 0.106. The summed E-state index contributed by atoms with van der Waals surface area (Å²) in [6, 6.07) is 20.3. The normalized spacial score (nSPS) is 11.4. The standard InChI is InChI=1S/C31H38N2O3/c1-4-8-27(11-5-9-24-10-7-22-32-23-24)33-31(34)13-6-12-30(25-14-18-28(35-2)19-15-25)26-16-20-29(36-3)21-17-26/h7,10,12,14-23,27H,4-6,8-9,11,13H2,1-3H3,(H,33,34). The summed E-state index contributed by atoms with van der Waals surface area (Å²) in [6.07, 6.45) is 12.0. The molecular formula is C31H38N2O3. The largest absolute Gasteiger partial charge is 0.497 e. The smallest absolute Gasteiger partial charge is 0.220 e. The summed E-state index contributed by atoms with van der Waals surface area (Å²) in [5.74, 6) is 1.74.